The Balaban J connectivity index is 2.07. The summed E-state index contributed by atoms with van der Waals surface area (Å²) in [5.41, 5.74) is 3.46. The van der Waals surface area contributed by atoms with Crippen LogP contribution < -0.4 is 5.32 Å². The number of nitrogens with zero attached hydrogens (tertiary/aromatic N) is 1. The Bertz CT molecular complexity index is 754. The van der Waals surface area contributed by atoms with Crippen LogP contribution in [0.5, 0.6) is 0 Å². The second kappa shape index (κ2) is 10.6. The van der Waals surface area contributed by atoms with Crippen molar-refractivity contribution in [3.63, 3.8) is 0 Å². The van der Waals surface area contributed by atoms with Gasteiger partial charge >= 0.3 is 0 Å². The molecular weight excluding hydrogens is 348 g/mol. The molecule has 150 valence electrons. The zero-order chi connectivity index (χ0) is 20.5. The highest BCUT2D eigenvalue weighted by Gasteiger charge is 2.25. The van der Waals surface area contributed by atoms with Crippen molar-refractivity contribution < 1.29 is 9.59 Å². The van der Waals surface area contributed by atoms with Crippen LogP contribution in [-0.4, -0.2) is 29.3 Å². The van der Waals surface area contributed by atoms with Crippen LogP contribution >= 0.6 is 0 Å². The third kappa shape index (κ3) is 6.22. The number of hydrogen-bond acceptors (Lipinski definition) is 2. The van der Waals surface area contributed by atoms with E-state index in [4.69, 9.17) is 0 Å². The first-order valence-electron chi connectivity index (χ1n) is 10.1. The highest BCUT2D eigenvalue weighted by atomic mass is 16.2. The van der Waals surface area contributed by atoms with Crippen molar-refractivity contribution in [2.75, 3.05) is 6.54 Å². The van der Waals surface area contributed by atoms with Crippen LogP contribution in [0.2, 0.25) is 0 Å². The largest absolute Gasteiger partial charge is 0.355 e. The molecule has 0 aliphatic heterocycles. The number of amides is 2. The molecule has 0 aliphatic carbocycles. The van der Waals surface area contributed by atoms with E-state index in [1.807, 2.05) is 37.3 Å². The number of hydrogen-bond donors (Lipinski definition) is 1. The van der Waals surface area contributed by atoms with E-state index < -0.39 is 6.04 Å². The van der Waals surface area contributed by atoms with Gasteiger partial charge in [0.25, 0.3) is 0 Å². The topological polar surface area (TPSA) is 49.4 Å². The van der Waals surface area contributed by atoms with Crippen molar-refractivity contribution >= 4 is 11.8 Å². The molecule has 4 heteroatoms. The highest BCUT2D eigenvalue weighted by molar-refractivity contribution is 5.87. The minimum absolute atomic E-state index is 0.00413. The zero-order valence-electron chi connectivity index (χ0n) is 17.4. The summed E-state index contributed by atoms with van der Waals surface area (Å²) < 4.78 is 0. The van der Waals surface area contributed by atoms with E-state index in [0.717, 1.165) is 11.1 Å². The first kappa shape index (κ1) is 21.7. The number of benzene rings is 2. The summed E-state index contributed by atoms with van der Waals surface area (Å²) >= 11 is 0. The summed E-state index contributed by atoms with van der Waals surface area (Å²) in [7, 11) is 0. The fraction of sp³-hybridized carbons (Fsp3) is 0.417. The van der Waals surface area contributed by atoms with E-state index in [0.29, 0.717) is 31.8 Å². The van der Waals surface area contributed by atoms with Crippen molar-refractivity contribution in [3.8, 4) is 0 Å². The number of rotatable bonds is 9. The van der Waals surface area contributed by atoms with E-state index in [1.165, 1.54) is 5.56 Å². The van der Waals surface area contributed by atoms with Crippen molar-refractivity contribution in [2.45, 2.75) is 59.0 Å². The number of likely N-dealkylation sites (N-methyl/N-ethyl adjacent to an activating group) is 1. The Morgan fingerprint density at radius 1 is 0.929 bits per heavy atom. The number of carbonyl (C=O) groups is 2. The summed E-state index contributed by atoms with van der Waals surface area (Å²) in [5.74, 6) is 0.374. The normalized spacial score (nSPS) is 11.9. The SMILES string of the molecule is CCNC(=O)[C@H](C)N(Cc1ccccc1)C(=O)CCc1ccc(C(C)C)cc1. The van der Waals surface area contributed by atoms with Crippen LogP contribution in [-0.2, 0) is 22.6 Å². The summed E-state index contributed by atoms with van der Waals surface area (Å²) in [6, 6.07) is 17.8. The molecule has 0 aliphatic rings. The second-order valence-corrected chi connectivity index (χ2v) is 7.47. The number of nitrogens with one attached hydrogen (secondary N) is 1. The van der Waals surface area contributed by atoms with Gasteiger partial charge in [-0.05, 0) is 42.9 Å². The van der Waals surface area contributed by atoms with Crippen molar-refractivity contribution in [2.24, 2.45) is 0 Å². The lowest BCUT2D eigenvalue weighted by molar-refractivity contribution is -0.140. The number of aryl methyl sites for hydroxylation is 1. The van der Waals surface area contributed by atoms with Gasteiger partial charge < -0.3 is 10.2 Å². The third-order valence-corrected chi connectivity index (χ3v) is 4.99. The molecule has 28 heavy (non-hydrogen) atoms. The summed E-state index contributed by atoms with van der Waals surface area (Å²) in [5, 5.41) is 2.82. The monoisotopic (exact) mass is 380 g/mol. The van der Waals surface area contributed by atoms with Crippen molar-refractivity contribution in [1.29, 1.82) is 0 Å². The predicted molar refractivity (Wildman–Crippen MR) is 114 cm³/mol. The quantitative estimate of drug-likeness (QED) is 0.705. The van der Waals surface area contributed by atoms with Gasteiger partial charge in [0.15, 0.2) is 0 Å². The molecule has 2 rings (SSSR count). The minimum Gasteiger partial charge on any atom is -0.355 e. The fourth-order valence-electron chi connectivity index (χ4n) is 3.15. The molecule has 0 spiro atoms. The molecule has 0 aromatic heterocycles. The van der Waals surface area contributed by atoms with E-state index >= 15 is 0 Å². The van der Waals surface area contributed by atoms with Gasteiger partial charge in [-0.25, -0.2) is 0 Å². The third-order valence-electron chi connectivity index (χ3n) is 4.99. The molecule has 2 aromatic rings. The van der Waals surface area contributed by atoms with Gasteiger partial charge in [0.1, 0.15) is 6.04 Å². The van der Waals surface area contributed by atoms with Gasteiger partial charge in [-0.1, -0.05) is 68.4 Å². The van der Waals surface area contributed by atoms with Gasteiger partial charge in [0.05, 0.1) is 0 Å². The predicted octanol–water partition coefficient (Wildman–Crippen LogP) is 4.30. The lowest BCUT2D eigenvalue weighted by Crippen LogP contribution is -2.47. The van der Waals surface area contributed by atoms with Crippen LogP contribution in [0.3, 0.4) is 0 Å². The highest BCUT2D eigenvalue weighted by Crippen LogP contribution is 2.17. The van der Waals surface area contributed by atoms with Crippen LogP contribution in [0.25, 0.3) is 0 Å². The summed E-state index contributed by atoms with van der Waals surface area (Å²) in [6.07, 6.45) is 1.06. The lowest BCUT2D eigenvalue weighted by Gasteiger charge is -2.28. The average Bonchev–Trinajstić information content (AvgIpc) is 2.71. The van der Waals surface area contributed by atoms with Gasteiger partial charge in [-0.3, -0.25) is 9.59 Å². The summed E-state index contributed by atoms with van der Waals surface area (Å²) in [6.45, 7) is 9.01. The molecule has 4 nitrogen and oxygen atoms in total. The van der Waals surface area contributed by atoms with Crippen molar-refractivity contribution in [3.05, 3.63) is 71.3 Å². The van der Waals surface area contributed by atoms with Gasteiger partial charge in [0, 0.05) is 19.5 Å². The maximum absolute atomic E-state index is 13.0. The smallest absolute Gasteiger partial charge is 0.242 e. The molecule has 2 amide bonds. The lowest BCUT2D eigenvalue weighted by atomic mass is 10.00. The van der Waals surface area contributed by atoms with Gasteiger partial charge in [-0.2, -0.15) is 0 Å². The number of carbonyl (C=O) groups excluding carboxylic acids is 2. The van der Waals surface area contributed by atoms with E-state index in [2.05, 4.69) is 43.4 Å². The van der Waals surface area contributed by atoms with E-state index in [1.54, 1.807) is 11.8 Å². The molecule has 0 saturated heterocycles. The molecule has 0 heterocycles. The standard InChI is InChI=1S/C24H32N2O2/c1-5-25-24(28)19(4)26(17-21-9-7-6-8-10-21)23(27)16-13-20-11-14-22(15-12-20)18(2)3/h6-12,14-15,18-19H,5,13,16-17H2,1-4H3,(H,25,28)/t19-/m0/s1. The average molecular weight is 381 g/mol. The maximum atomic E-state index is 13.0. The van der Waals surface area contributed by atoms with Crippen LogP contribution in [0.4, 0.5) is 0 Å². The van der Waals surface area contributed by atoms with Crippen molar-refractivity contribution in [1.82, 2.24) is 10.2 Å². The fourth-order valence-corrected chi connectivity index (χ4v) is 3.15. The molecule has 2 aromatic carbocycles. The van der Waals surface area contributed by atoms with Crippen LogP contribution in [0, 0.1) is 0 Å². The van der Waals surface area contributed by atoms with Crippen LogP contribution in [0.1, 0.15) is 56.7 Å². The van der Waals surface area contributed by atoms with Crippen LogP contribution in [0.15, 0.2) is 54.6 Å². The van der Waals surface area contributed by atoms with Gasteiger partial charge in [-0.15, -0.1) is 0 Å². The molecule has 0 fully saturated rings. The maximum Gasteiger partial charge on any atom is 0.242 e. The minimum atomic E-state index is -0.504. The van der Waals surface area contributed by atoms with E-state index in [9.17, 15) is 9.59 Å². The molecule has 0 saturated carbocycles. The molecule has 1 atom stereocenters. The van der Waals surface area contributed by atoms with E-state index in [-0.39, 0.29) is 11.8 Å². The Kier molecular flexibility index (Phi) is 8.24. The molecular formula is C24H32N2O2. The first-order valence-corrected chi connectivity index (χ1v) is 10.1. The first-order chi connectivity index (χ1) is 13.4. The molecule has 0 radical (unpaired) electrons. The second-order valence-electron chi connectivity index (χ2n) is 7.47. The summed E-state index contributed by atoms with van der Waals surface area (Å²) in [4.78, 5) is 27.0. The zero-order valence-corrected chi connectivity index (χ0v) is 17.4. The molecule has 0 unspecified atom stereocenters. The Hall–Kier alpha value is -2.62. The van der Waals surface area contributed by atoms with Gasteiger partial charge in [0.2, 0.25) is 11.8 Å². The molecule has 0 bridgehead atoms. The molecule has 1 N–H and O–H groups in total. The Labute approximate surface area is 169 Å². The Morgan fingerprint density at radius 2 is 1.57 bits per heavy atom. The Morgan fingerprint density at radius 3 is 2.14 bits per heavy atom.